The molecule has 1 aromatic carbocycles. The van der Waals surface area contributed by atoms with Crippen LogP contribution >= 0.6 is 23.2 Å². The maximum Gasteiger partial charge on any atom is 0.223 e. The molecule has 0 spiro atoms. The van der Waals surface area contributed by atoms with Crippen molar-refractivity contribution >= 4 is 46.1 Å². The molecule has 1 amide bonds. The number of fused-ring (bicyclic) bond motifs is 1. The maximum absolute atomic E-state index is 12.6. The number of hydrogen-bond acceptors (Lipinski definition) is 4. The summed E-state index contributed by atoms with van der Waals surface area (Å²) in [7, 11) is 0. The molecule has 152 valence electrons. The molecule has 0 radical (unpaired) electrons. The molecule has 2 fully saturated rings. The quantitative estimate of drug-likeness (QED) is 0.803. The number of rotatable bonds is 4. The first-order valence-corrected chi connectivity index (χ1v) is 10.7. The topological polar surface area (TPSA) is 59.4 Å². The molecule has 2 aliphatic heterocycles. The summed E-state index contributed by atoms with van der Waals surface area (Å²) in [6.07, 6.45) is 2.55. The van der Waals surface area contributed by atoms with Crippen molar-refractivity contribution in [2.24, 2.45) is 5.92 Å². The van der Waals surface area contributed by atoms with Gasteiger partial charge in [-0.3, -0.25) is 4.79 Å². The average Bonchev–Trinajstić information content (AvgIpc) is 3.30. The van der Waals surface area contributed by atoms with E-state index in [4.69, 9.17) is 32.9 Å². The van der Waals surface area contributed by atoms with E-state index in [-0.39, 0.29) is 23.9 Å². The van der Waals surface area contributed by atoms with E-state index < -0.39 is 0 Å². The average molecular weight is 425 g/mol. The van der Waals surface area contributed by atoms with E-state index in [1.807, 2.05) is 12.1 Å². The Labute approximate surface area is 175 Å². The lowest BCUT2D eigenvalue weighted by Gasteiger charge is -2.33. The van der Waals surface area contributed by atoms with Crippen LogP contribution in [-0.2, 0) is 9.53 Å². The third-order valence-corrected chi connectivity index (χ3v) is 6.38. The van der Waals surface area contributed by atoms with Crippen LogP contribution in [0, 0.1) is 5.92 Å². The van der Waals surface area contributed by atoms with E-state index in [9.17, 15) is 4.79 Å². The van der Waals surface area contributed by atoms with Gasteiger partial charge in [0.25, 0.3) is 0 Å². The highest BCUT2D eigenvalue weighted by Crippen LogP contribution is 2.34. The third-order valence-electron chi connectivity index (χ3n) is 5.65. The number of aromatic nitrogens is 2. The molecule has 1 aromatic heterocycles. The van der Waals surface area contributed by atoms with E-state index in [1.54, 1.807) is 0 Å². The van der Waals surface area contributed by atoms with Gasteiger partial charge in [0.05, 0.1) is 33.7 Å². The fourth-order valence-electron chi connectivity index (χ4n) is 4.12. The fourth-order valence-corrected chi connectivity index (χ4v) is 4.43. The van der Waals surface area contributed by atoms with Crippen LogP contribution in [0.4, 0.5) is 5.95 Å². The van der Waals surface area contributed by atoms with Gasteiger partial charge in [0.1, 0.15) is 0 Å². The highest BCUT2D eigenvalue weighted by Gasteiger charge is 2.30. The number of piperidine rings is 1. The molecule has 1 atom stereocenters. The third kappa shape index (κ3) is 3.82. The summed E-state index contributed by atoms with van der Waals surface area (Å²) in [4.78, 5) is 19.7. The van der Waals surface area contributed by atoms with E-state index in [1.165, 1.54) is 0 Å². The number of nitrogens with one attached hydrogen (secondary N) is 1. The first kappa shape index (κ1) is 19.8. The summed E-state index contributed by atoms with van der Waals surface area (Å²) in [6, 6.07) is 4.12. The number of nitrogens with zero attached hydrogens (tertiary/aromatic N) is 3. The molecule has 4 rings (SSSR count). The first-order chi connectivity index (χ1) is 13.4. The second kappa shape index (κ2) is 8.09. The van der Waals surface area contributed by atoms with Crippen molar-refractivity contribution in [3.8, 4) is 0 Å². The Kier molecular flexibility index (Phi) is 5.72. The zero-order valence-corrected chi connectivity index (χ0v) is 17.8. The fraction of sp³-hybridized carbons (Fsp3) is 0.600. The zero-order valence-electron chi connectivity index (χ0n) is 16.3. The van der Waals surface area contributed by atoms with Crippen LogP contribution in [0.2, 0.25) is 10.0 Å². The van der Waals surface area contributed by atoms with E-state index >= 15 is 0 Å². The Balaban J connectivity index is 1.50. The van der Waals surface area contributed by atoms with Gasteiger partial charge < -0.3 is 19.5 Å². The van der Waals surface area contributed by atoms with Crippen LogP contribution in [0.1, 0.15) is 39.2 Å². The standard InChI is InChI=1S/C20H26Cl2N4O2/c1-12(2)26-18-10-16(22)15(21)9-17(18)24-20(26)25-6-3-13(4-7-25)19(27)23-14-5-8-28-11-14/h9-10,12-14H,3-8,11H2,1-2H3,(H,23,27). The summed E-state index contributed by atoms with van der Waals surface area (Å²) in [6.45, 7) is 7.25. The lowest BCUT2D eigenvalue weighted by atomic mass is 9.95. The van der Waals surface area contributed by atoms with Crippen LogP contribution in [0.3, 0.4) is 0 Å². The highest BCUT2D eigenvalue weighted by atomic mass is 35.5. The molecule has 1 N–H and O–H groups in total. The second-order valence-electron chi connectivity index (χ2n) is 7.96. The summed E-state index contributed by atoms with van der Waals surface area (Å²) < 4.78 is 7.55. The molecule has 2 aromatic rings. The molecule has 8 heteroatoms. The van der Waals surface area contributed by atoms with Gasteiger partial charge in [-0.25, -0.2) is 4.98 Å². The molecule has 2 aliphatic rings. The zero-order chi connectivity index (χ0) is 19.8. The lowest BCUT2D eigenvalue weighted by molar-refractivity contribution is -0.126. The first-order valence-electron chi connectivity index (χ1n) is 9.94. The van der Waals surface area contributed by atoms with E-state index in [0.29, 0.717) is 16.7 Å². The molecule has 0 saturated carbocycles. The van der Waals surface area contributed by atoms with Gasteiger partial charge in [-0.2, -0.15) is 0 Å². The van der Waals surface area contributed by atoms with Gasteiger partial charge in [0.15, 0.2) is 0 Å². The van der Waals surface area contributed by atoms with Gasteiger partial charge in [0, 0.05) is 31.7 Å². The van der Waals surface area contributed by atoms with Crippen LogP contribution in [0.15, 0.2) is 12.1 Å². The number of halogens is 2. The smallest absolute Gasteiger partial charge is 0.223 e. The highest BCUT2D eigenvalue weighted by molar-refractivity contribution is 6.42. The molecule has 2 saturated heterocycles. The van der Waals surface area contributed by atoms with E-state index in [2.05, 4.69) is 28.6 Å². The summed E-state index contributed by atoms with van der Waals surface area (Å²) in [5.74, 6) is 1.13. The van der Waals surface area contributed by atoms with Crippen LogP contribution < -0.4 is 10.2 Å². The predicted octanol–water partition coefficient (Wildman–Crippen LogP) is 4.05. The van der Waals surface area contributed by atoms with Gasteiger partial charge in [-0.1, -0.05) is 23.2 Å². The lowest BCUT2D eigenvalue weighted by Crippen LogP contribution is -2.44. The minimum absolute atomic E-state index is 0.0533. The molecule has 28 heavy (non-hydrogen) atoms. The van der Waals surface area contributed by atoms with Crippen molar-refractivity contribution in [2.75, 3.05) is 31.2 Å². The second-order valence-corrected chi connectivity index (χ2v) is 8.78. The Hall–Kier alpha value is -1.50. The SMILES string of the molecule is CC(C)n1c(N2CCC(C(=O)NC3CCOC3)CC2)nc2cc(Cl)c(Cl)cc21. The number of hydrogen-bond donors (Lipinski definition) is 1. The summed E-state index contributed by atoms with van der Waals surface area (Å²) >= 11 is 12.4. The largest absolute Gasteiger partial charge is 0.379 e. The minimum atomic E-state index is 0.0533. The number of anilines is 1. The van der Waals surface area contributed by atoms with Crippen LogP contribution in [0.5, 0.6) is 0 Å². The van der Waals surface area contributed by atoms with Crippen molar-refractivity contribution in [1.82, 2.24) is 14.9 Å². The molecule has 0 aliphatic carbocycles. The summed E-state index contributed by atoms with van der Waals surface area (Å²) in [5.41, 5.74) is 1.83. The predicted molar refractivity (Wildman–Crippen MR) is 112 cm³/mol. The number of carbonyl (C=O) groups excluding carboxylic acids is 1. The van der Waals surface area contributed by atoms with Gasteiger partial charge in [-0.15, -0.1) is 0 Å². The van der Waals surface area contributed by atoms with Crippen LogP contribution in [0.25, 0.3) is 11.0 Å². The number of amides is 1. The van der Waals surface area contributed by atoms with Gasteiger partial charge >= 0.3 is 0 Å². The monoisotopic (exact) mass is 424 g/mol. The number of imidazole rings is 1. The van der Waals surface area contributed by atoms with Crippen molar-refractivity contribution in [2.45, 2.75) is 45.2 Å². The Morgan fingerprint density at radius 3 is 2.57 bits per heavy atom. The molecular weight excluding hydrogens is 399 g/mol. The van der Waals surface area contributed by atoms with Crippen molar-refractivity contribution in [3.05, 3.63) is 22.2 Å². The van der Waals surface area contributed by atoms with Gasteiger partial charge in [0.2, 0.25) is 11.9 Å². The Bertz CT molecular complexity index is 869. The summed E-state index contributed by atoms with van der Waals surface area (Å²) in [5, 5.41) is 4.18. The molecular formula is C20H26Cl2N4O2. The number of benzene rings is 1. The van der Waals surface area contributed by atoms with Gasteiger partial charge in [-0.05, 0) is 45.2 Å². The number of ether oxygens (including phenoxy) is 1. The Morgan fingerprint density at radius 1 is 1.21 bits per heavy atom. The Morgan fingerprint density at radius 2 is 1.93 bits per heavy atom. The minimum Gasteiger partial charge on any atom is -0.379 e. The molecule has 6 nitrogen and oxygen atoms in total. The van der Waals surface area contributed by atoms with E-state index in [0.717, 1.165) is 55.9 Å². The molecule has 3 heterocycles. The number of carbonyl (C=O) groups is 1. The molecule has 0 bridgehead atoms. The maximum atomic E-state index is 12.6. The van der Waals surface area contributed by atoms with Crippen molar-refractivity contribution < 1.29 is 9.53 Å². The normalized spacial score (nSPS) is 21.0. The van der Waals surface area contributed by atoms with Crippen molar-refractivity contribution in [3.63, 3.8) is 0 Å². The van der Waals surface area contributed by atoms with Crippen LogP contribution in [-0.4, -0.2) is 47.8 Å². The van der Waals surface area contributed by atoms with Crippen molar-refractivity contribution in [1.29, 1.82) is 0 Å². The molecule has 1 unspecified atom stereocenters.